The predicted octanol–water partition coefficient (Wildman–Crippen LogP) is 0.205. The molecule has 29 heavy (non-hydrogen) atoms. The van der Waals surface area contributed by atoms with E-state index in [1.54, 1.807) is 18.2 Å². The van der Waals surface area contributed by atoms with E-state index in [2.05, 4.69) is 15.2 Å². The maximum Gasteiger partial charge on any atom is 0.242 e. The first-order chi connectivity index (χ1) is 13.8. The predicted molar refractivity (Wildman–Crippen MR) is 110 cm³/mol. The lowest BCUT2D eigenvalue weighted by Crippen LogP contribution is -2.41. The van der Waals surface area contributed by atoms with Crippen LogP contribution in [0.4, 0.5) is 0 Å². The highest BCUT2D eigenvalue weighted by atomic mass is 32.2. The Morgan fingerprint density at radius 3 is 2.69 bits per heavy atom. The lowest BCUT2D eigenvalue weighted by Gasteiger charge is -2.26. The third kappa shape index (κ3) is 5.13. The Kier molecular flexibility index (Phi) is 6.89. The summed E-state index contributed by atoms with van der Waals surface area (Å²) < 4.78 is 33.0. The molecular weight excluding hydrogens is 394 g/mol. The third-order valence-corrected chi connectivity index (χ3v) is 6.96. The highest BCUT2D eigenvalue weighted by Gasteiger charge is 2.19. The van der Waals surface area contributed by atoms with Gasteiger partial charge in [-0.1, -0.05) is 0 Å². The zero-order valence-corrected chi connectivity index (χ0v) is 18.0. The monoisotopic (exact) mass is 423 g/mol. The maximum absolute atomic E-state index is 12.3. The van der Waals surface area contributed by atoms with E-state index in [1.807, 2.05) is 11.6 Å². The molecule has 1 aliphatic rings. The van der Waals surface area contributed by atoms with Gasteiger partial charge in [-0.05, 0) is 18.2 Å². The van der Waals surface area contributed by atoms with E-state index in [-0.39, 0.29) is 10.8 Å². The minimum Gasteiger partial charge on any atom is -0.379 e. The number of aryl methyl sites for hydroxylation is 2. The zero-order valence-electron chi connectivity index (χ0n) is 17.2. The van der Waals surface area contributed by atoms with Crippen LogP contribution >= 0.6 is 0 Å². The number of aromatic nitrogens is 2. The van der Waals surface area contributed by atoms with Crippen molar-refractivity contribution >= 4 is 27.0 Å². The van der Waals surface area contributed by atoms with Crippen molar-refractivity contribution in [1.82, 2.24) is 24.1 Å². The molecule has 1 saturated heterocycles. The summed E-state index contributed by atoms with van der Waals surface area (Å²) in [7, 11) is 1.37. The number of hydrogen-bond acceptors (Lipinski definition) is 6. The van der Waals surface area contributed by atoms with Crippen molar-refractivity contribution in [2.45, 2.75) is 17.7 Å². The molecule has 0 bridgehead atoms. The van der Waals surface area contributed by atoms with Gasteiger partial charge in [0.1, 0.15) is 5.82 Å². The van der Waals surface area contributed by atoms with Crippen LogP contribution in [0.2, 0.25) is 0 Å². The maximum atomic E-state index is 12.3. The first kappa shape index (κ1) is 21.7. The molecule has 3 rings (SSSR count). The van der Waals surface area contributed by atoms with Gasteiger partial charge in [0, 0.05) is 60.2 Å². The van der Waals surface area contributed by atoms with Crippen LogP contribution in [0.15, 0.2) is 23.1 Å². The van der Waals surface area contributed by atoms with E-state index in [0.717, 1.165) is 44.2 Å². The smallest absolute Gasteiger partial charge is 0.242 e. The summed E-state index contributed by atoms with van der Waals surface area (Å²) in [5.74, 6) is 0.740. The van der Waals surface area contributed by atoms with Gasteiger partial charge in [-0.25, -0.2) is 17.7 Å². The fraction of sp³-hybridized carbons (Fsp3) is 0.579. The number of morpholine rings is 1. The molecule has 1 aromatic carbocycles. The zero-order chi connectivity index (χ0) is 21.0. The van der Waals surface area contributed by atoms with Crippen LogP contribution in [0.5, 0.6) is 0 Å². The molecule has 9 nitrogen and oxygen atoms in total. The van der Waals surface area contributed by atoms with Crippen molar-refractivity contribution in [3.8, 4) is 0 Å². The van der Waals surface area contributed by atoms with E-state index < -0.39 is 10.0 Å². The first-order valence-corrected chi connectivity index (χ1v) is 11.2. The number of hydrogen-bond donors (Lipinski definition) is 1. The molecule has 0 aliphatic carbocycles. The fourth-order valence-corrected chi connectivity index (χ4v) is 4.24. The molecule has 10 heteroatoms. The molecule has 0 atom stereocenters. The Hall–Kier alpha value is -2.01. The van der Waals surface area contributed by atoms with Crippen LogP contribution in [0.1, 0.15) is 12.2 Å². The van der Waals surface area contributed by atoms with Gasteiger partial charge >= 0.3 is 0 Å². The number of nitrogens with zero attached hydrogens (tertiary/aromatic N) is 4. The second-order valence-corrected chi connectivity index (χ2v) is 9.48. The molecule has 1 fully saturated rings. The highest BCUT2D eigenvalue weighted by Crippen LogP contribution is 2.21. The molecule has 2 aromatic rings. The number of sulfonamides is 1. The minimum absolute atomic E-state index is 0.0128. The van der Waals surface area contributed by atoms with E-state index in [0.29, 0.717) is 24.9 Å². The highest BCUT2D eigenvalue weighted by molar-refractivity contribution is 7.89. The molecule has 1 aromatic heterocycles. The third-order valence-electron chi connectivity index (χ3n) is 5.15. The van der Waals surface area contributed by atoms with Crippen LogP contribution in [0.3, 0.4) is 0 Å². The quantitative estimate of drug-likeness (QED) is 0.652. The summed E-state index contributed by atoms with van der Waals surface area (Å²) in [6.07, 6.45) is 0.827. The van der Waals surface area contributed by atoms with E-state index in [1.165, 1.54) is 18.4 Å². The van der Waals surface area contributed by atoms with E-state index >= 15 is 0 Å². The average Bonchev–Trinajstić information content (AvgIpc) is 3.02. The number of amides is 1. The summed E-state index contributed by atoms with van der Waals surface area (Å²) in [6.45, 7) is 4.75. The van der Waals surface area contributed by atoms with E-state index in [9.17, 15) is 13.2 Å². The summed E-state index contributed by atoms with van der Waals surface area (Å²) in [5.41, 5.74) is 1.45. The molecule has 1 aliphatic heterocycles. The van der Waals surface area contributed by atoms with Crippen molar-refractivity contribution in [2.24, 2.45) is 7.05 Å². The van der Waals surface area contributed by atoms with E-state index in [4.69, 9.17) is 4.74 Å². The molecule has 1 amide bonds. The summed E-state index contributed by atoms with van der Waals surface area (Å²) in [5, 5.41) is 2.95. The standard InChI is InChI=1S/C19H29N5O4S/c1-22(2)29(26,27)15-4-5-17-16(14-15)21-18(23(17)3)6-7-19(25)20-8-9-24-10-12-28-13-11-24/h4-5,14H,6-13H2,1-3H3,(H,20,25). The average molecular weight is 424 g/mol. The van der Waals surface area contributed by atoms with Crippen LogP contribution in [-0.2, 0) is 33.0 Å². The van der Waals surface area contributed by atoms with Crippen LogP contribution in [0.25, 0.3) is 11.0 Å². The number of carbonyl (C=O) groups is 1. The van der Waals surface area contributed by atoms with Gasteiger partial charge in [0.15, 0.2) is 0 Å². The SMILES string of the molecule is CN(C)S(=O)(=O)c1ccc2c(c1)nc(CCC(=O)NCCN1CCOCC1)n2C. The van der Waals surface area contributed by atoms with Gasteiger partial charge in [0.25, 0.3) is 0 Å². The van der Waals surface area contributed by atoms with Gasteiger partial charge in [-0.3, -0.25) is 9.69 Å². The Morgan fingerprint density at radius 1 is 1.28 bits per heavy atom. The van der Waals surface area contributed by atoms with Crippen molar-refractivity contribution < 1.29 is 17.9 Å². The normalized spacial score (nSPS) is 15.9. The van der Waals surface area contributed by atoms with Crippen molar-refractivity contribution in [3.63, 3.8) is 0 Å². The Morgan fingerprint density at radius 2 is 2.00 bits per heavy atom. The largest absolute Gasteiger partial charge is 0.379 e. The topological polar surface area (TPSA) is 96.8 Å². The summed E-state index contributed by atoms with van der Waals surface area (Å²) >= 11 is 0. The number of nitrogens with one attached hydrogen (secondary N) is 1. The number of ether oxygens (including phenoxy) is 1. The minimum atomic E-state index is -3.51. The number of benzene rings is 1. The number of fused-ring (bicyclic) bond motifs is 1. The van der Waals surface area contributed by atoms with Gasteiger partial charge in [0.05, 0.1) is 29.1 Å². The second-order valence-electron chi connectivity index (χ2n) is 7.33. The lowest BCUT2D eigenvalue weighted by atomic mass is 10.3. The molecule has 0 radical (unpaired) electrons. The van der Waals surface area contributed by atoms with Crippen molar-refractivity contribution in [1.29, 1.82) is 0 Å². The first-order valence-electron chi connectivity index (χ1n) is 9.73. The molecule has 2 heterocycles. The molecule has 0 unspecified atom stereocenters. The summed E-state index contributed by atoms with van der Waals surface area (Å²) in [6, 6.07) is 4.92. The van der Waals surface area contributed by atoms with Gasteiger partial charge in [0.2, 0.25) is 15.9 Å². The number of rotatable bonds is 8. The number of imidazole rings is 1. The molecular formula is C19H29N5O4S. The fourth-order valence-electron chi connectivity index (χ4n) is 3.32. The number of carbonyl (C=O) groups excluding carboxylic acids is 1. The summed E-state index contributed by atoms with van der Waals surface area (Å²) in [4.78, 5) is 19.2. The molecule has 1 N–H and O–H groups in total. The van der Waals surface area contributed by atoms with Crippen LogP contribution in [0, 0.1) is 0 Å². The Bertz CT molecular complexity index is 964. The second kappa shape index (κ2) is 9.21. The van der Waals surface area contributed by atoms with Crippen LogP contribution in [-0.4, -0.2) is 86.6 Å². The van der Waals surface area contributed by atoms with Gasteiger partial charge in [-0.15, -0.1) is 0 Å². The molecule has 0 spiro atoms. The van der Waals surface area contributed by atoms with Crippen molar-refractivity contribution in [3.05, 3.63) is 24.0 Å². The molecule has 0 saturated carbocycles. The van der Waals surface area contributed by atoms with Crippen LogP contribution < -0.4 is 5.32 Å². The molecule has 160 valence electrons. The van der Waals surface area contributed by atoms with Crippen molar-refractivity contribution in [2.75, 3.05) is 53.5 Å². The van der Waals surface area contributed by atoms with Gasteiger partial charge in [-0.2, -0.15) is 0 Å². The van der Waals surface area contributed by atoms with Gasteiger partial charge < -0.3 is 14.6 Å². The lowest BCUT2D eigenvalue weighted by molar-refractivity contribution is -0.121. The Balaban J connectivity index is 1.58. The Labute approximate surface area is 171 Å².